The van der Waals surface area contributed by atoms with E-state index in [-0.39, 0.29) is 4.90 Å². The van der Waals surface area contributed by atoms with E-state index in [1.165, 1.54) is 29.7 Å². The first-order chi connectivity index (χ1) is 8.95. The number of hydrazone groups is 1. The molecule has 0 fully saturated rings. The molecule has 0 aliphatic carbocycles. The van der Waals surface area contributed by atoms with Crippen molar-refractivity contribution in [1.82, 2.24) is 4.98 Å². The van der Waals surface area contributed by atoms with Crippen molar-refractivity contribution < 1.29 is 8.42 Å². The number of primary sulfonamides is 1. The summed E-state index contributed by atoms with van der Waals surface area (Å²) in [5.41, 5.74) is 2.70. The van der Waals surface area contributed by atoms with Crippen molar-refractivity contribution in [2.75, 3.05) is 5.43 Å². The fourth-order valence-electron chi connectivity index (χ4n) is 1.17. The number of pyridine rings is 1. The minimum atomic E-state index is -3.71. The molecule has 2 rings (SSSR count). The van der Waals surface area contributed by atoms with Gasteiger partial charge in [-0.3, -0.25) is 5.43 Å². The first-order valence-corrected chi connectivity index (χ1v) is 8.19. The molecule has 0 radical (unpaired) electrons. The molecule has 0 spiro atoms. The number of hydrogen-bond acceptors (Lipinski definition) is 6. The zero-order chi connectivity index (χ0) is 13.9. The Morgan fingerprint density at radius 2 is 2.26 bits per heavy atom. The average Bonchev–Trinajstić information content (AvgIpc) is 2.75. The first-order valence-electron chi connectivity index (χ1n) is 4.97. The SMILES string of the molecule is NS(=O)(=O)c1ccc(N/N=C/c2cc(Br)cs2)nc1. The molecule has 100 valence electrons. The molecule has 0 saturated heterocycles. The molecule has 0 aliphatic heterocycles. The number of anilines is 1. The number of thiophene rings is 1. The monoisotopic (exact) mass is 360 g/mol. The van der Waals surface area contributed by atoms with E-state index in [0.717, 1.165) is 9.35 Å². The van der Waals surface area contributed by atoms with Crippen LogP contribution in [-0.4, -0.2) is 19.6 Å². The third-order valence-electron chi connectivity index (χ3n) is 2.02. The lowest BCUT2D eigenvalue weighted by Gasteiger charge is -2.00. The summed E-state index contributed by atoms with van der Waals surface area (Å²) in [4.78, 5) is 4.83. The number of hydrogen-bond donors (Lipinski definition) is 2. The van der Waals surface area contributed by atoms with Crippen LogP contribution in [0.4, 0.5) is 5.82 Å². The van der Waals surface area contributed by atoms with Crippen LogP contribution in [0.3, 0.4) is 0 Å². The zero-order valence-electron chi connectivity index (χ0n) is 9.45. The number of nitrogens with one attached hydrogen (secondary N) is 1. The van der Waals surface area contributed by atoms with Gasteiger partial charge in [-0.1, -0.05) is 0 Å². The van der Waals surface area contributed by atoms with E-state index < -0.39 is 10.0 Å². The third-order valence-corrected chi connectivity index (χ3v) is 4.55. The molecule has 0 amide bonds. The lowest BCUT2D eigenvalue weighted by Crippen LogP contribution is -2.12. The molecule has 0 atom stereocenters. The molecule has 3 N–H and O–H groups in total. The van der Waals surface area contributed by atoms with Gasteiger partial charge in [-0.25, -0.2) is 18.5 Å². The van der Waals surface area contributed by atoms with E-state index in [4.69, 9.17) is 5.14 Å². The Morgan fingerprint density at radius 3 is 2.79 bits per heavy atom. The zero-order valence-corrected chi connectivity index (χ0v) is 12.7. The van der Waals surface area contributed by atoms with Crippen LogP contribution < -0.4 is 10.6 Å². The van der Waals surface area contributed by atoms with Crippen molar-refractivity contribution in [1.29, 1.82) is 0 Å². The predicted octanol–water partition coefficient (Wildman–Crippen LogP) is 2.00. The van der Waals surface area contributed by atoms with Crippen LogP contribution in [0.5, 0.6) is 0 Å². The quantitative estimate of drug-likeness (QED) is 0.643. The van der Waals surface area contributed by atoms with Crippen LogP contribution in [0, 0.1) is 0 Å². The molecule has 19 heavy (non-hydrogen) atoms. The number of nitrogens with zero attached hydrogens (tertiary/aromatic N) is 2. The van der Waals surface area contributed by atoms with Gasteiger partial charge in [0.15, 0.2) is 0 Å². The number of aromatic nitrogens is 1. The van der Waals surface area contributed by atoms with E-state index >= 15 is 0 Å². The van der Waals surface area contributed by atoms with Gasteiger partial charge in [0.1, 0.15) is 10.7 Å². The summed E-state index contributed by atoms with van der Waals surface area (Å²) in [6.45, 7) is 0. The second-order valence-corrected chi connectivity index (χ2v) is 6.88. The Balaban J connectivity index is 2.02. The van der Waals surface area contributed by atoms with Crippen LogP contribution in [-0.2, 0) is 10.0 Å². The predicted molar refractivity (Wildman–Crippen MR) is 78.8 cm³/mol. The van der Waals surface area contributed by atoms with Crippen molar-refractivity contribution in [2.45, 2.75) is 4.90 Å². The maximum Gasteiger partial charge on any atom is 0.239 e. The largest absolute Gasteiger partial charge is 0.261 e. The van der Waals surface area contributed by atoms with Gasteiger partial charge in [0.2, 0.25) is 10.0 Å². The minimum Gasteiger partial charge on any atom is -0.261 e. The van der Waals surface area contributed by atoms with Gasteiger partial charge >= 0.3 is 0 Å². The Morgan fingerprint density at radius 1 is 1.47 bits per heavy atom. The highest BCUT2D eigenvalue weighted by Crippen LogP contribution is 2.18. The highest BCUT2D eigenvalue weighted by Gasteiger charge is 2.07. The molecule has 6 nitrogen and oxygen atoms in total. The second kappa shape index (κ2) is 5.78. The lowest BCUT2D eigenvalue weighted by molar-refractivity contribution is 0.597. The smallest absolute Gasteiger partial charge is 0.239 e. The van der Waals surface area contributed by atoms with Crippen molar-refractivity contribution in [3.05, 3.63) is 39.1 Å². The van der Waals surface area contributed by atoms with Crippen LogP contribution in [0.25, 0.3) is 0 Å². The van der Waals surface area contributed by atoms with E-state index in [1.54, 1.807) is 6.21 Å². The third kappa shape index (κ3) is 4.10. The van der Waals surface area contributed by atoms with Crippen molar-refractivity contribution in [3.63, 3.8) is 0 Å². The Hall–Kier alpha value is -1.29. The maximum absolute atomic E-state index is 11.0. The van der Waals surface area contributed by atoms with Crippen LogP contribution in [0.15, 0.2) is 44.2 Å². The maximum atomic E-state index is 11.0. The highest BCUT2D eigenvalue weighted by molar-refractivity contribution is 9.10. The average molecular weight is 361 g/mol. The van der Waals surface area contributed by atoms with Crippen LogP contribution >= 0.6 is 27.3 Å². The van der Waals surface area contributed by atoms with E-state index in [0.29, 0.717) is 5.82 Å². The Bertz CT molecular complexity index is 695. The summed E-state index contributed by atoms with van der Waals surface area (Å²) in [5, 5.41) is 10.9. The molecule has 0 aliphatic rings. The topological polar surface area (TPSA) is 97.4 Å². The van der Waals surface area contributed by atoms with Gasteiger partial charge < -0.3 is 0 Å². The minimum absolute atomic E-state index is 0.0378. The van der Waals surface area contributed by atoms with Crippen molar-refractivity contribution >= 4 is 49.3 Å². The molecular weight excluding hydrogens is 352 g/mol. The molecule has 2 aromatic heterocycles. The van der Waals surface area contributed by atoms with E-state index in [1.807, 2.05) is 11.4 Å². The Labute approximate surface area is 122 Å². The fraction of sp³-hybridized carbons (Fsp3) is 0. The molecule has 2 heterocycles. The summed E-state index contributed by atoms with van der Waals surface area (Å²) in [5.74, 6) is 0.430. The van der Waals surface area contributed by atoms with E-state index in [9.17, 15) is 8.42 Å². The van der Waals surface area contributed by atoms with Crippen molar-refractivity contribution in [2.24, 2.45) is 10.2 Å². The van der Waals surface area contributed by atoms with Gasteiger partial charge in [-0.05, 0) is 34.1 Å². The Kier molecular flexibility index (Phi) is 4.30. The molecular formula is C10H9BrN4O2S2. The molecule has 2 aromatic rings. The summed E-state index contributed by atoms with van der Waals surface area (Å²) >= 11 is 4.88. The van der Waals surface area contributed by atoms with Gasteiger partial charge in [0.05, 0.1) is 6.21 Å². The molecule has 0 saturated carbocycles. The second-order valence-electron chi connectivity index (χ2n) is 3.46. The summed E-state index contributed by atoms with van der Waals surface area (Å²) in [6, 6.07) is 4.77. The fourth-order valence-corrected chi connectivity index (χ4v) is 2.93. The summed E-state index contributed by atoms with van der Waals surface area (Å²) < 4.78 is 23.1. The van der Waals surface area contributed by atoms with Gasteiger partial charge in [-0.15, -0.1) is 11.3 Å². The molecule has 0 aromatic carbocycles. The van der Waals surface area contributed by atoms with Crippen molar-refractivity contribution in [3.8, 4) is 0 Å². The van der Waals surface area contributed by atoms with E-state index in [2.05, 4.69) is 31.4 Å². The molecule has 0 bridgehead atoms. The van der Waals surface area contributed by atoms with Gasteiger partial charge in [0.25, 0.3) is 0 Å². The summed E-state index contributed by atoms with van der Waals surface area (Å²) in [6.07, 6.45) is 2.82. The number of rotatable bonds is 4. The first kappa shape index (κ1) is 14.1. The highest BCUT2D eigenvalue weighted by atomic mass is 79.9. The number of nitrogens with two attached hydrogens (primary N) is 1. The lowest BCUT2D eigenvalue weighted by atomic mass is 10.5. The summed E-state index contributed by atoms with van der Waals surface area (Å²) in [7, 11) is -3.71. The number of sulfonamides is 1. The number of halogens is 1. The molecule has 9 heteroatoms. The van der Waals surface area contributed by atoms with Gasteiger partial charge in [0, 0.05) is 20.9 Å². The normalized spacial score (nSPS) is 11.9. The standard InChI is InChI=1S/C10H9BrN4O2S2/c11-7-3-8(18-6-7)4-14-15-10-2-1-9(5-13-10)19(12,16)17/h1-6H,(H,13,15)(H2,12,16,17)/b14-4+. The van der Waals surface area contributed by atoms with Crippen LogP contribution in [0.1, 0.15) is 4.88 Å². The molecule has 0 unspecified atom stereocenters. The van der Waals surface area contributed by atoms with Gasteiger partial charge in [-0.2, -0.15) is 5.10 Å². The van der Waals surface area contributed by atoms with Crippen LogP contribution in [0.2, 0.25) is 0 Å².